The van der Waals surface area contributed by atoms with Crippen molar-refractivity contribution in [3.63, 3.8) is 0 Å². The second-order valence-corrected chi connectivity index (χ2v) is 5.93. The van der Waals surface area contributed by atoms with E-state index in [2.05, 4.69) is 20.3 Å². The van der Waals surface area contributed by atoms with Gasteiger partial charge in [0, 0.05) is 23.2 Å². The summed E-state index contributed by atoms with van der Waals surface area (Å²) in [5.74, 6) is 2.18. The molecule has 0 aliphatic carbocycles. The third-order valence-corrected chi connectivity index (χ3v) is 4.05. The Bertz CT molecular complexity index is 744. The molecule has 0 fully saturated rings. The van der Waals surface area contributed by atoms with Crippen LogP contribution in [0.25, 0.3) is 11.4 Å². The van der Waals surface area contributed by atoms with Crippen molar-refractivity contribution < 1.29 is 4.74 Å². The summed E-state index contributed by atoms with van der Waals surface area (Å²) >= 11 is 7.60. The van der Waals surface area contributed by atoms with E-state index >= 15 is 0 Å². The highest BCUT2D eigenvalue weighted by molar-refractivity contribution is 7.99. The minimum atomic E-state index is 0.625. The van der Waals surface area contributed by atoms with Crippen LogP contribution in [0.1, 0.15) is 0 Å². The molecule has 22 heavy (non-hydrogen) atoms. The molecule has 0 radical (unpaired) electrons. The molecule has 1 N–H and O–H groups in total. The van der Waals surface area contributed by atoms with Crippen LogP contribution in [0.15, 0.2) is 41.8 Å². The summed E-state index contributed by atoms with van der Waals surface area (Å²) in [7, 11) is 1.61. The molecule has 2 aromatic heterocycles. The number of methoxy groups -OCH3 is 1. The predicted molar refractivity (Wildman–Crippen MR) is 86.3 cm³/mol. The lowest BCUT2D eigenvalue weighted by molar-refractivity contribution is 0.416. The number of aromatic nitrogens is 5. The number of rotatable bonds is 6. The maximum Gasteiger partial charge on any atom is 0.208 e. The molecule has 6 nitrogen and oxygen atoms in total. The largest absolute Gasteiger partial charge is 0.496 e. The Balaban J connectivity index is 1.69. The molecular weight excluding hydrogens is 322 g/mol. The monoisotopic (exact) mass is 335 g/mol. The first-order valence-corrected chi connectivity index (χ1v) is 7.99. The lowest BCUT2D eigenvalue weighted by atomic mass is 10.2. The molecule has 0 spiro atoms. The van der Waals surface area contributed by atoms with E-state index in [-0.39, 0.29) is 0 Å². The molecule has 1 aromatic carbocycles. The standard InChI is InChI=1S/C14H14ClN5OS/c1-21-12-4-3-10(15)9-11(12)13-17-14(19-18-13)22-8-7-20-6-2-5-16-20/h2-6,9H,7-8H2,1H3,(H,17,18,19). The van der Waals surface area contributed by atoms with Gasteiger partial charge in [-0.3, -0.25) is 9.78 Å². The van der Waals surface area contributed by atoms with Gasteiger partial charge in [-0.05, 0) is 24.3 Å². The van der Waals surface area contributed by atoms with Gasteiger partial charge < -0.3 is 4.74 Å². The molecule has 3 aromatic rings. The summed E-state index contributed by atoms with van der Waals surface area (Å²) in [6.07, 6.45) is 3.70. The van der Waals surface area contributed by atoms with Crippen molar-refractivity contribution in [3.8, 4) is 17.1 Å². The number of hydrogen-bond acceptors (Lipinski definition) is 5. The number of H-pyrrole nitrogens is 1. The molecule has 8 heteroatoms. The minimum Gasteiger partial charge on any atom is -0.496 e. The Morgan fingerprint density at radius 1 is 1.41 bits per heavy atom. The summed E-state index contributed by atoms with van der Waals surface area (Å²) in [6.45, 7) is 0.808. The van der Waals surface area contributed by atoms with Crippen LogP contribution in [0.5, 0.6) is 5.75 Å². The van der Waals surface area contributed by atoms with Crippen molar-refractivity contribution in [3.05, 3.63) is 41.7 Å². The number of nitrogens with zero attached hydrogens (tertiary/aromatic N) is 4. The first kappa shape index (κ1) is 14.9. The van der Waals surface area contributed by atoms with Gasteiger partial charge >= 0.3 is 0 Å². The minimum absolute atomic E-state index is 0.625. The molecular formula is C14H14ClN5OS. The summed E-state index contributed by atoms with van der Waals surface area (Å²) in [5, 5.41) is 12.6. The van der Waals surface area contributed by atoms with Crippen LogP contribution < -0.4 is 4.74 Å². The van der Waals surface area contributed by atoms with Gasteiger partial charge in [0.25, 0.3) is 0 Å². The van der Waals surface area contributed by atoms with Crippen LogP contribution >= 0.6 is 23.4 Å². The molecule has 0 saturated heterocycles. The number of thioether (sulfide) groups is 1. The van der Waals surface area contributed by atoms with E-state index in [4.69, 9.17) is 16.3 Å². The highest BCUT2D eigenvalue weighted by atomic mass is 35.5. The molecule has 0 atom stereocenters. The summed E-state index contributed by atoms with van der Waals surface area (Å²) < 4.78 is 7.20. The lowest BCUT2D eigenvalue weighted by Gasteiger charge is -2.05. The fourth-order valence-electron chi connectivity index (χ4n) is 1.96. The topological polar surface area (TPSA) is 68.6 Å². The number of hydrogen-bond donors (Lipinski definition) is 1. The van der Waals surface area contributed by atoms with Gasteiger partial charge in [0.2, 0.25) is 5.16 Å². The molecule has 114 valence electrons. The van der Waals surface area contributed by atoms with Crippen molar-refractivity contribution >= 4 is 23.4 Å². The number of halogens is 1. The first-order chi connectivity index (χ1) is 10.8. The quantitative estimate of drug-likeness (QED) is 0.701. The molecule has 0 bridgehead atoms. The zero-order valence-corrected chi connectivity index (χ0v) is 13.4. The van der Waals surface area contributed by atoms with Crippen LogP contribution in [0, 0.1) is 0 Å². The number of ether oxygens (including phenoxy) is 1. The SMILES string of the molecule is COc1ccc(Cl)cc1-c1nc(SCCn2cccn2)n[nH]1. The number of aromatic amines is 1. The highest BCUT2D eigenvalue weighted by Gasteiger charge is 2.12. The van der Waals surface area contributed by atoms with Crippen molar-refractivity contribution in [2.24, 2.45) is 0 Å². The fourth-order valence-corrected chi connectivity index (χ4v) is 2.86. The Morgan fingerprint density at radius 3 is 3.09 bits per heavy atom. The van der Waals surface area contributed by atoms with E-state index in [1.807, 2.05) is 23.0 Å². The summed E-state index contributed by atoms with van der Waals surface area (Å²) in [6, 6.07) is 7.30. The molecule has 0 aliphatic heterocycles. The van der Waals surface area contributed by atoms with Crippen molar-refractivity contribution in [2.75, 3.05) is 12.9 Å². The van der Waals surface area contributed by atoms with Gasteiger partial charge in [0.1, 0.15) is 5.75 Å². The Morgan fingerprint density at radius 2 is 2.32 bits per heavy atom. The third-order valence-electron chi connectivity index (χ3n) is 2.99. The second-order valence-electron chi connectivity index (χ2n) is 4.43. The normalized spacial score (nSPS) is 10.8. The zero-order valence-electron chi connectivity index (χ0n) is 11.9. The van der Waals surface area contributed by atoms with Crippen LogP contribution in [-0.2, 0) is 6.54 Å². The van der Waals surface area contributed by atoms with Crippen LogP contribution in [0.2, 0.25) is 5.02 Å². The van der Waals surface area contributed by atoms with Crippen LogP contribution in [-0.4, -0.2) is 37.8 Å². The van der Waals surface area contributed by atoms with E-state index in [0.717, 1.165) is 17.9 Å². The maximum atomic E-state index is 6.04. The van der Waals surface area contributed by atoms with Crippen LogP contribution in [0.4, 0.5) is 0 Å². The van der Waals surface area contributed by atoms with E-state index in [9.17, 15) is 0 Å². The van der Waals surface area contributed by atoms with E-state index in [1.54, 1.807) is 37.2 Å². The third kappa shape index (κ3) is 3.42. The number of aryl methyl sites for hydroxylation is 1. The summed E-state index contributed by atoms with van der Waals surface area (Å²) in [5.41, 5.74) is 0.793. The van der Waals surface area contributed by atoms with Gasteiger partial charge in [0.15, 0.2) is 5.82 Å². The highest BCUT2D eigenvalue weighted by Crippen LogP contribution is 2.31. The van der Waals surface area contributed by atoms with Crippen LogP contribution in [0.3, 0.4) is 0 Å². The van der Waals surface area contributed by atoms with Gasteiger partial charge in [-0.15, -0.1) is 5.10 Å². The molecule has 0 unspecified atom stereocenters. The van der Waals surface area contributed by atoms with E-state index < -0.39 is 0 Å². The van der Waals surface area contributed by atoms with Gasteiger partial charge in [-0.1, -0.05) is 23.4 Å². The van der Waals surface area contributed by atoms with Gasteiger partial charge in [-0.2, -0.15) is 5.10 Å². The second kappa shape index (κ2) is 6.85. The smallest absolute Gasteiger partial charge is 0.208 e. The van der Waals surface area contributed by atoms with Crippen molar-refractivity contribution in [2.45, 2.75) is 11.7 Å². The Labute approximate surface area is 136 Å². The van der Waals surface area contributed by atoms with Crippen molar-refractivity contribution in [1.82, 2.24) is 25.0 Å². The maximum absolute atomic E-state index is 6.04. The zero-order chi connectivity index (χ0) is 15.4. The summed E-state index contributed by atoms with van der Waals surface area (Å²) in [4.78, 5) is 4.48. The van der Waals surface area contributed by atoms with Gasteiger partial charge in [-0.25, -0.2) is 4.98 Å². The van der Waals surface area contributed by atoms with Gasteiger partial charge in [0.05, 0.1) is 19.2 Å². The number of benzene rings is 1. The molecule has 3 rings (SSSR count). The fraction of sp³-hybridized carbons (Fsp3) is 0.214. The number of nitrogens with one attached hydrogen (secondary N) is 1. The Kier molecular flexibility index (Phi) is 4.65. The average Bonchev–Trinajstić information content (AvgIpc) is 3.19. The van der Waals surface area contributed by atoms with Crippen molar-refractivity contribution in [1.29, 1.82) is 0 Å². The molecule has 0 amide bonds. The molecule has 0 saturated carbocycles. The average molecular weight is 336 g/mol. The molecule has 0 aliphatic rings. The van der Waals surface area contributed by atoms with E-state index in [1.165, 1.54) is 0 Å². The van der Waals surface area contributed by atoms with E-state index in [0.29, 0.717) is 21.8 Å². The Hall–Kier alpha value is -1.99. The predicted octanol–water partition coefficient (Wildman–Crippen LogP) is 3.12. The lowest BCUT2D eigenvalue weighted by Crippen LogP contribution is -2.00. The first-order valence-electron chi connectivity index (χ1n) is 6.63. The molecule has 2 heterocycles.